The van der Waals surface area contributed by atoms with Crippen LogP contribution in [0.25, 0.3) is 0 Å². The molecule has 0 aromatic heterocycles. The fourth-order valence-electron chi connectivity index (χ4n) is 2.74. The zero-order chi connectivity index (χ0) is 18.0. The molecule has 0 aliphatic heterocycles. The second kappa shape index (κ2) is 7.54. The van der Waals surface area contributed by atoms with E-state index in [0.29, 0.717) is 33.7 Å². The molecule has 0 N–H and O–H groups in total. The molecule has 1 aliphatic carbocycles. The van der Waals surface area contributed by atoms with Crippen molar-refractivity contribution in [3.05, 3.63) is 57.6 Å². The molecule has 1 fully saturated rings. The maximum absolute atomic E-state index is 13.0. The van der Waals surface area contributed by atoms with Crippen LogP contribution >= 0.6 is 23.2 Å². The maximum Gasteiger partial charge on any atom is 0.255 e. The molecule has 0 saturated heterocycles. The van der Waals surface area contributed by atoms with Crippen LogP contribution in [0.4, 0.5) is 0 Å². The van der Waals surface area contributed by atoms with Gasteiger partial charge in [0.2, 0.25) is 0 Å². The molecule has 0 radical (unpaired) electrons. The first-order chi connectivity index (χ1) is 12.0. The van der Waals surface area contributed by atoms with Crippen LogP contribution in [0.5, 0.6) is 11.5 Å². The monoisotopic (exact) mass is 379 g/mol. The van der Waals surface area contributed by atoms with Crippen molar-refractivity contribution in [2.75, 3.05) is 14.2 Å². The summed E-state index contributed by atoms with van der Waals surface area (Å²) in [5, 5.41) is 0.876. The zero-order valence-corrected chi connectivity index (χ0v) is 15.6. The summed E-state index contributed by atoms with van der Waals surface area (Å²) in [6.45, 7) is 0.454. The van der Waals surface area contributed by atoms with Crippen molar-refractivity contribution in [2.24, 2.45) is 0 Å². The van der Waals surface area contributed by atoms with Crippen LogP contribution in [-0.4, -0.2) is 31.1 Å². The number of methoxy groups -OCH3 is 2. The molecule has 0 heterocycles. The normalized spacial score (nSPS) is 13.4. The van der Waals surface area contributed by atoms with Gasteiger partial charge >= 0.3 is 0 Å². The lowest BCUT2D eigenvalue weighted by molar-refractivity contribution is 0.0729. The van der Waals surface area contributed by atoms with E-state index in [1.54, 1.807) is 32.4 Å². The van der Waals surface area contributed by atoms with E-state index in [1.807, 2.05) is 23.1 Å². The van der Waals surface area contributed by atoms with Crippen molar-refractivity contribution < 1.29 is 14.3 Å². The van der Waals surface area contributed by atoms with Crippen LogP contribution < -0.4 is 9.47 Å². The van der Waals surface area contributed by atoms with E-state index in [-0.39, 0.29) is 11.9 Å². The lowest BCUT2D eigenvalue weighted by Crippen LogP contribution is -2.33. The van der Waals surface area contributed by atoms with Gasteiger partial charge in [0.25, 0.3) is 5.91 Å². The van der Waals surface area contributed by atoms with Gasteiger partial charge in [-0.1, -0.05) is 23.2 Å². The summed E-state index contributed by atoms with van der Waals surface area (Å²) in [5.41, 5.74) is 1.39. The van der Waals surface area contributed by atoms with Crippen molar-refractivity contribution in [3.63, 3.8) is 0 Å². The molecular formula is C19H19Cl2NO3. The maximum atomic E-state index is 13.0. The molecule has 3 rings (SSSR count). The molecule has 2 aromatic carbocycles. The first-order valence-corrected chi connectivity index (χ1v) is 8.76. The Bertz CT molecular complexity index is 790. The van der Waals surface area contributed by atoms with E-state index >= 15 is 0 Å². The van der Waals surface area contributed by atoms with Crippen LogP contribution in [0.15, 0.2) is 36.4 Å². The first-order valence-electron chi connectivity index (χ1n) is 8.00. The number of carbonyl (C=O) groups excluding carboxylic acids is 1. The minimum absolute atomic E-state index is 0.0953. The zero-order valence-electron chi connectivity index (χ0n) is 14.1. The van der Waals surface area contributed by atoms with Crippen molar-refractivity contribution >= 4 is 29.1 Å². The molecule has 1 saturated carbocycles. The van der Waals surface area contributed by atoms with E-state index in [4.69, 9.17) is 32.7 Å². The number of rotatable bonds is 6. The van der Waals surface area contributed by atoms with Crippen LogP contribution in [-0.2, 0) is 6.54 Å². The molecule has 4 nitrogen and oxygen atoms in total. The third kappa shape index (κ3) is 4.02. The molecule has 132 valence electrons. The summed E-state index contributed by atoms with van der Waals surface area (Å²) in [5.74, 6) is 1.31. The minimum Gasteiger partial charge on any atom is -0.497 e. The van der Waals surface area contributed by atoms with Gasteiger partial charge in [-0.05, 0) is 43.2 Å². The highest BCUT2D eigenvalue weighted by atomic mass is 35.5. The Balaban J connectivity index is 1.88. The fraction of sp³-hybridized carbons (Fsp3) is 0.316. The van der Waals surface area contributed by atoms with E-state index in [2.05, 4.69) is 0 Å². The third-order valence-electron chi connectivity index (χ3n) is 4.24. The third-order valence-corrected chi connectivity index (χ3v) is 4.79. The molecule has 0 unspecified atom stereocenters. The molecular weight excluding hydrogens is 361 g/mol. The summed E-state index contributed by atoms with van der Waals surface area (Å²) < 4.78 is 10.7. The Morgan fingerprint density at radius 1 is 1.12 bits per heavy atom. The number of hydrogen-bond donors (Lipinski definition) is 0. The topological polar surface area (TPSA) is 38.8 Å². The van der Waals surface area contributed by atoms with Crippen molar-refractivity contribution in [2.45, 2.75) is 25.4 Å². The highest BCUT2D eigenvalue weighted by Crippen LogP contribution is 2.34. The van der Waals surface area contributed by atoms with Crippen LogP contribution in [0.2, 0.25) is 10.0 Å². The van der Waals surface area contributed by atoms with Crippen LogP contribution in [0, 0.1) is 0 Å². The van der Waals surface area contributed by atoms with Gasteiger partial charge in [-0.25, -0.2) is 0 Å². The van der Waals surface area contributed by atoms with E-state index in [9.17, 15) is 4.79 Å². The fourth-order valence-corrected chi connectivity index (χ4v) is 3.23. The van der Waals surface area contributed by atoms with Crippen LogP contribution in [0.3, 0.4) is 0 Å². The number of hydrogen-bond acceptors (Lipinski definition) is 3. The average molecular weight is 380 g/mol. The van der Waals surface area contributed by atoms with E-state index in [1.165, 1.54) is 0 Å². The molecule has 0 atom stereocenters. The van der Waals surface area contributed by atoms with Gasteiger partial charge in [0.1, 0.15) is 11.5 Å². The molecule has 25 heavy (non-hydrogen) atoms. The second-order valence-corrected chi connectivity index (χ2v) is 6.81. The molecule has 6 heteroatoms. The Morgan fingerprint density at radius 3 is 2.48 bits per heavy atom. The molecule has 2 aromatic rings. The Hall–Kier alpha value is -1.91. The molecule has 0 bridgehead atoms. The van der Waals surface area contributed by atoms with E-state index < -0.39 is 0 Å². The van der Waals surface area contributed by atoms with Gasteiger partial charge in [0.15, 0.2) is 0 Å². The van der Waals surface area contributed by atoms with Gasteiger partial charge in [0.05, 0.1) is 24.8 Å². The average Bonchev–Trinajstić information content (AvgIpc) is 3.44. The summed E-state index contributed by atoms with van der Waals surface area (Å²) in [4.78, 5) is 14.9. The lowest BCUT2D eigenvalue weighted by atomic mass is 10.1. The molecule has 1 aliphatic rings. The summed E-state index contributed by atoms with van der Waals surface area (Å²) in [6.07, 6.45) is 1.99. The summed E-state index contributed by atoms with van der Waals surface area (Å²) in [6, 6.07) is 10.8. The first kappa shape index (κ1) is 17.9. The van der Waals surface area contributed by atoms with Gasteiger partial charge < -0.3 is 14.4 Å². The number of halogens is 2. The number of amides is 1. The Morgan fingerprint density at radius 2 is 1.88 bits per heavy atom. The number of carbonyl (C=O) groups is 1. The smallest absolute Gasteiger partial charge is 0.255 e. The largest absolute Gasteiger partial charge is 0.497 e. The predicted octanol–water partition coefficient (Wildman–Crippen LogP) is 4.82. The standard InChI is InChI=1S/C19H19Cl2NO3/c1-24-15-7-3-12(18(10-15)25-2)11-22(14-5-6-14)19(23)16-8-4-13(20)9-17(16)21/h3-4,7-10,14H,5-6,11H2,1-2H3. The van der Waals surface area contributed by atoms with E-state index in [0.717, 1.165) is 18.4 Å². The van der Waals surface area contributed by atoms with Crippen molar-refractivity contribution in [1.82, 2.24) is 4.90 Å². The Kier molecular flexibility index (Phi) is 5.40. The summed E-state index contributed by atoms with van der Waals surface area (Å²) in [7, 11) is 3.22. The van der Waals surface area contributed by atoms with Gasteiger partial charge in [-0.15, -0.1) is 0 Å². The number of benzene rings is 2. The van der Waals surface area contributed by atoms with Gasteiger partial charge in [-0.2, -0.15) is 0 Å². The SMILES string of the molecule is COc1ccc(CN(C(=O)c2ccc(Cl)cc2Cl)C2CC2)c(OC)c1. The minimum atomic E-state index is -0.0953. The number of ether oxygens (including phenoxy) is 2. The highest BCUT2D eigenvalue weighted by molar-refractivity contribution is 6.36. The quantitative estimate of drug-likeness (QED) is 0.722. The van der Waals surface area contributed by atoms with Gasteiger partial charge in [0, 0.05) is 29.2 Å². The Labute approximate surface area is 157 Å². The number of nitrogens with zero attached hydrogens (tertiary/aromatic N) is 1. The lowest BCUT2D eigenvalue weighted by Gasteiger charge is -2.24. The molecule has 1 amide bonds. The predicted molar refractivity (Wildman–Crippen MR) is 98.9 cm³/mol. The van der Waals surface area contributed by atoms with Gasteiger partial charge in [-0.3, -0.25) is 4.79 Å². The van der Waals surface area contributed by atoms with Crippen LogP contribution in [0.1, 0.15) is 28.8 Å². The highest BCUT2D eigenvalue weighted by Gasteiger charge is 2.34. The molecule has 0 spiro atoms. The van der Waals surface area contributed by atoms with Crippen molar-refractivity contribution in [3.8, 4) is 11.5 Å². The summed E-state index contributed by atoms with van der Waals surface area (Å²) >= 11 is 12.2. The second-order valence-electron chi connectivity index (χ2n) is 5.97. The van der Waals surface area contributed by atoms with Crippen molar-refractivity contribution in [1.29, 1.82) is 0 Å².